The number of rotatable bonds is 8. The van der Waals surface area contributed by atoms with E-state index in [9.17, 15) is 18.0 Å². The number of carbonyl (C=O) groups excluding carboxylic acids is 1. The van der Waals surface area contributed by atoms with Crippen LogP contribution in [0.1, 0.15) is 32.8 Å². The Morgan fingerprint density at radius 2 is 1.88 bits per heavy atom. The number of amides is 1. The molecule has 3 rings (SSSR count). The Kier molecular flexibility index (Phi) is 7.06. The highest BCUT2D eigenvalue weighted by atomic mass is 32.2. The van der Waals surface area contributed by atoms with E-state index in [1.807, 2.05) is 44.2 Å². The molecule has 3 N–H and O–H groups in total. The molecule has 1 aromatic carbocycles. The normalized spacial score (nSPS) is 11.8. The molecule has 3 aromatic rings. The number of imidazole rings is 1. The zero-order chi connectivity index (χ0) is 24.3. The standard InChI is InChI=1S/C21H29N7O4S/c1-5-11-33(31,32)25-19-23-17(22)16-18(24-19)27(13-15-9-7-6-8-10-15)21(30)28(16)20(29)26(4)12-14(2)3/h6-10,14H,5,11-13H2,1-4H3,(H3,22,23,24,25). The summed E-state index contributed by atoms with van der Waals surface area (Å²) in [6, 6.07) is 8.60. The lowest BCUT2D eigenvalue weighted by molar-refractivity contribution is 0.205. The summed E-state index contributed by atoms with van der Waals surface area (Å²) in [6.07, 6.45) is 0.402. The van der Waals surface area contributed by atoms with E-state index in [0.29, 0.717) is 13.0 Å². The number of nitrogens with two attached hydrogens (primary N) is 1. The van der Waals surface area contributed by atoms with Crippen LogP contribution in [-0.4, -0.2) is 57.8 Å². The van der Waals surface area contributed by atoms with Crippen LogP contribution in [0.4, 0.5) is 16.6 Å². The van der Waals surface area contributed by atoms with Crippen molar-refractivity contribution in [2.24, 2.45) is 5.92 Å². The van der Waals surface area contributed by atoms with Crippen molar-refractivity contribution in [2.45, 2.75) is 33.7 Å². The van der Waals surface area contributed by atoms with Crippen molar-refractivity contribution in [3.05, 3.63) is 46.4 Å². The van der Waals surface area contributed by atoms with Crippen LogP contribution < -0.4 is 16.1 Å². The summed E-state index contributed by atoms with van der Waals surface area (Å²) in [5.41, 5.74) is 6.40. The zero-order valence-electron chi connectivity index (χ0n) is 19.1. The van der Waals surface area contributed by atoms with Crippen molar-refractivity contribution in [3.63, 3.8) is 0 Å². The number of nitrogen functional groups attached to an aromatic ring is 1. The number of anilines is 2. The number of hydrogen-bond donors (Lipinski definition) is 2. The van der Waals surface area contributed by atoms with E-state index in [1.54, 1.807) is 14.0 Å². The molecule has 0 spiro atoms. The predicted molar refractivity (Wildman–Crippen MR) is 128 cm³/mol. The fraction of sp³-hybridized carbons (Fsp3) is 0.429. The van der Waals surface area contributed by atoms with E-state index in [2.05, 4.69) is 14.7 Å². The van der Waals surface area contributed by atoms with Crippen LogP contribution in [0.3, 0.4) is 0 Å². The van der Waals surface area contributed by atoms with E-state index in [0.717, 1.165) is 10.1 Å². The minimum atomic E-state index is -3.69. The number of nitrogens with zero attached hydrogens (tertiary/aromatic N) is 5. The first-order valence-corrected chi connectivity index (χ1v) is 12.3. The summed E-state index contributed by atoms with van der Waals surface area (Å²) < 4.78 is 29.0. The Balaban J connectivity index is 2.22. The highest BCUT2D eigenvalue weighted by Crippen LogP contribution is 2.21. The van der Waals surface area contributed by atoms with Crippen LogP contribution in [-0.2, 0) is 16.6 Å². The molecule has 0 bridgehead atoms. The molecule has 0 saturated heterocycles. The molecular weight excluding hydrogens is 446 g/mol. The molecule has 0 aliphatic heterocycles. The molecule has 0 aliphatic rings. The van der Waals surface area contributed by atoms with Gasteiger partial charge in [-0.1, -0.05) is 51.1 Å². The van der Waals surface area contributed by atoms with Gasteiger partial charge in [0.2, 0.25) is 16.0 Å². The first-order valence-electron chi connectivity index (χ1n) is 10.6. The van der Waals surface area contributed by atoms with Crippen LogP contribution in [0.15, 0.2) is 35.1 Å². The number of benzene rings is 1. The van der Waals surface area contributed by atoms with Gasteiger partial charge in [0.15, 0.2) is 11.5 Å². The highest BCUT2D eigenvalue weighted by Gasteiger charge is 2.26. The Morgan fingerprint density at radius 1 is 1.21 bits per heavy atom. The van der Waals surface area contributed by atoms with Gasteiger partial charge in [0.05, 0.1) is 12.3 Å². The lowest BCUT2D eigenvalue weighted by atomic mass is 10.2. The molecular formula is C21H29N7O4S. The van der Waals surface area contributed by atoms with E-state index in [4.69, 9.17) is 5.73 Å². The number of aromatic nitrogens is 4. The lowest BCUT2D eigenvalue weighted by Gasteiger charge is -2.19. The third-order valence-electron chi connectivity index (χ3n) is 4.85. The molecule has 0 aliphatic carbocycles. The number of nitrogens with one attached hydrogen (secondary N) is 1. The molecule has 178 valence electrons. The molecule has 2 heterocycles. The van der Waals surface area contributed by atoms with Gasteiger partial charge in [-0.15, -0.1) is 0 Å². The maximum Gasteiger partial charge on any atom is 0.339 e. The second kappa shape index (κ2) is 9.61. The maximum atomic E-state index is 13.4. The molecule has 33 heavy (non-hydrogen) atoms. The fourth-order valence-electron chi connectivity index (χ4n) is 3.56. The number of hydrogen-bond acceptors (Lipinski definition) is 7. The van der Waals surface area contributed by atoms with Crippen LogP contribution >= 0.6 is 0 Å². The van der Waals surface area contributed by atoms with Crippen molar-refractivity contribution >= 4 is 39.0 Å². The van der Waals surface area contributed by atoms with Crippen molar-refractivity contribution in [1.82, 2.24) is 24.0 Å². The molecule has 0 fully saturated rings. The lowest BCUT2D eigenvalue weighted by Crippen LogP contribution is -2.40. The van der Waals surface area contributed by atoms with Crippen LogP contribution in [0, 0.1) is 5.92 Å². The second-order valence-corrected chi connectivity index (χ2v) is 10.1. The largest absolute Gasteiger partial charge is 0.382 e. The Labute approximate surface area is 192 Å². The number of sulfonamides is 1. The van der Waals surface area contributed by atoms with Gasteiger partial charge >= 0.3 is 11.7 Å². The van der Waals surface area contributed by atoms with E-state index < -0.39 is 21.7 Å². The van der Waals surface area contributed by atoms with Gasteiger partial charge in [-0.25, -0.2) is 22.6 Å². The summed E-state index contributed by atoms with van der Waals surface area (Å²) in [4.78, 5) is 36.3. The van der Waals surface area contributed by atoms with Gasteiger partial charge in [0.25, 0.3) is 0 Å². The zero-order valence-corrected chi connectivity index (χ0v) is 20.0. The van der Waals surface area contributed by atoms with Crippen LogP contribution in [0.2, 0.25) is 0 Å². The Hall–Kier alpha value is -3.41. The van der Waals surface area contributed by atoms with Gasteiger partial charge in [0, 0.05) is 13.6 Å². The minimum absolute atomic E-state index is 0.0370. The van der Waals surface area contributed by atoms with E-state index >= 15 is 0 Å². The molecule has 12 heteroatoms. The third kappa shape index (κ3) is 5.33. The van der Waals surface area contributed by atoms with Crippen molar-refractivity contribution in [2.75, 3.05) is 29.8 Å². The third-order valence-corrected chi connectivity index (χ3v) is 6.29. The summed E-state index contributed by atoms with van der Waals surface area (Å²) in [7, 11) is -2.09. The topological polar surface area (TPSA) is 145 Å². The predicted octanol–water partition coefficient (Wildman–Crippen LogP) is 1.93. The monoisotopic (exact) mass is 475 g/mol. The summed E-state index contributed by atoms with van der Waals surface area (Å²) in [5.74, 6) is -0.370. The van der Waals surface area contributed by atoms with Gasteiger partial charge in [0.1, 0.15) is 5.52 Å². The average molecular weight is 476 g/mol. The molecule has 1 amide bonds. The van der Waals surface area contributed by atoms with Gasteiger partial charge in [-0.05, 0) is 17.9 Å². The van der Waals surface area contributed by atoms with E-state index in [1.165, 1.54) is 9.47 Å². The van der Waals surface area contributed by atoms with Crippen LogP contribution in [0.25, 0.3) is 11.2 Å². The molecule has 0 atom stereocenters. The minimum Gasteiger partial charge on any atom is -0.382 e. The van der Waals surface area contributed by atoms with Crippen LogP contribution in [0.5, 0.6) is 0 Å². The smallest absolute Gasteiger partial charge is 0.339 e. The first kappa shape index (κ1) is 24.2. The molecule has 0 saturated carbocycles. The van der Waals surface area contributed by atoms with Crippen molar-refractivity contribution in [3.8, 4) is 0 Å². The summed E-state index contributed by atoms with van der Waals surface area (Å²) in [6.45, 7) is 6.18. The quantitative estimate of drug-likeness (QED) is 0.506. The molecule has 2 aromatic heterocycles. The fourth-order valence-corrected chi connectivity index (χ4v) is 4.57. The van der Waals surface area contributed by atoms with Gasteiger partial charge in [-0.3, -0.25) is 9.29 Å². The SMILES string of the molecule is CCCS(=O)(=O)Nc1nc(N)c2c(n1)n(Cc1ccccc1)c(=O)n2C(=O)N(C)CC(C)C. The van der Waals surface area contributed by atoms with E-state index in [-0.39, 0.29) is 41.1 Å². The van der Waals surface area contributed by atoms with Gasteiger partial charge in [-0.2, -0.15) is 9.97 Å². The summed E-state index contributed by atoms with van der Waals surface area (Å²) >= 11 is 0. The Morgan fingerprint density at radius 3 is 2.48 bits per heavy atom. The van der Waals surface area contributed by atoms with Crippen molar-refractivity contribution < 1.29 is 13.2 Å². The molecule has 11 nitrogen and oxygen atoms in total. The number of fused-ring (bicyclic) bond motifs is 1. The second-order valence-electron chi connectivity index (χ2n) is 8.27. The average Bonchev–Trinajstić information content (AvgIpc) is 2.99. The van der Waals surface area contributed by atoms with Gasteiger partial charge < -0.3 is 10.6 Å². The first-order chi connectivity index (χ1) is 15.5. The molecule has 0 radical (unpaired) electrons. The van der Waals surface area contributed by atoms with Crippen molar-refractivity contribution in [1.29, 1.82) is 0 Å². The summed E-state index contributed by atoms with van der Waals surface area (Å²) in [5, 5.41) is 0. The Bertz CT molecular complexity index is 1310. The highest BCUT2D eigenvalue weighted by molar-refractivity contribution is 7.92. The maximum absolute atomic E-state index is 13.4. The number of carbonyl (C=O) groups is 1. The molecule has 0 unspecified atom stereocenters.